The Bertz CT molecular complexity index is 1420. The quantitative estimate of drug-likeness (QED) is 0.449. The lowest BCUT2D eigenvalue weighted by molar-refractivity contribution is -0.116. The Kier molecular flexibility index (Phi) is 5.58. The summed E-state index contributed by atoms with van der Waals surface area (Å²) in [6.07, 6.45) is 0. The van der Waals surface area contributed by atoms with Crippen LogP contribution in [-0.2, 0) is 17.9 Å². The van der Waals surface area contributed by atoms with Gasteiger partial charge in [0.1, 0.15) is 12.4 Å². The first kappa shape index (κ1) is 20.8. The Morgan fingerprint density at radius 3 is 2.76 bits per heavy atom. The number of anilines is 2. The molecule has 0 radical (unpaired) electrons. The smallest absolute Gasteiger partial charge is 0.350 e. The molecule has 0 saturated carbocycles. The molecule has 1 aliphatic heterocycles. The van der Waals surface area contributed by atoms with Gasteiger partial charge in [-0.25, -0.2) is 4.79 Å². The number of para-hydroxylation sites is 1. The molecule has 1 aromatic heterocycles. The van der Waals surface area contributed by atoms with Gasteiger partial charge in [0.05, 0.1) is 5.52 Å². The molecule has 0 unspecified atom stereocenters. The predicted octanol–water partition coefficient (Wildman–Crippen LogP) is 4.03. The third kappa shape index (κ3) is 4.47. The minimum absolute atomic E-state index is 0.179. The van der Waals surface area contributed by atoms with Gasteiger partial charge in [-0.15, -0.1) is 0 Å². The lowest BCUT2D eigenvalue weighted by Gasteiger charge is -2.14. The minimum Gasteiger partial charge on any atom is -0.454 e. The number of aromatic nitrogens is 2. The van der Waals surface area contributed by atoms with Crippen LogP contribution in [-0.4, -0.2) is 22.3 Å². The fraction of sp³-hybridized carbons (Fsp3) is 0.125. The van der Waals surface area contributed by atoms with E-state index in [1.807, 2.05) is 36.4 Å². The first-order valence-electron chi connectivity index (χ1n) is 10.2. The van der Waals surface area contributed by atoms with Gasteiger partial charge in [0.15, 0.2) is 11.5 Å². The molecule has 2 heterocycles. The van der Waals surface area contributed by atoms with Crippen molar-refractivity contribution < 1.29 is 14.3 Å². The molecule has 0 fully saturated rings. The first-order valence-corrected chi connectivity index (χ1v) is 10.6. The van der Waals surface area contributed by atoms with Crippen LogP contribution in [0, 0.1) is 0 Å². The maximum absolute atomic E-state index is 12.8. The Labute approximate surface area is 193 Å². The number of nitrogens with one attached hydrogen (secondary N) is 2. The predicted molar refractivity (Wildman–Crippen MR) is 126 cm³/mol. The van der Waals surface area contributed by atoms with Gasteiger partial charge in [-0.2, -0.15) is 4.98 Å². The molecular weight excluding hydrogens is 444 g/mol. The van der Waals surface area contributed by atoms with Crippen molar-refractivity contribution in [3.05, 3.63) is 87.8 Å². The largest absolute Gasteiger partial charge is 0.454 e. The van der Waals surface area contributed by atoms with E-state index >= 15 is 0 Å². The van der Waals surface area contributed by atoms with Gasteiger partial charge in [0.2, 0.25) is 12.7 Å². The number of amides is 1. The zero-order valence-corrected chi connectivity index (χ0v) is 18.1. The number of nitrogens with zero attached hydrogens (tertiary/aromatic N) is 2. The Hall–Kier alpha value is -4.04. The van der Waals surface area contributed by atoms with E-state index in [0.717, 1.165) is 10.9 Å². The molecule has 3 aromatic carbocycles. The number of hydrogen-bond acceptors (Lipinski definition) is 6. The van der Waals surface area contributed by atoms with Gasteiger partial charge in [0, 0.05) is 22.6 Å². The summed E-state index contributed by atoms with van der Waals surface area (Å²) in [6, 6.07) is 19.8. The molecule has 2 N–H and O–H groups in total. The average molecular weight is 463 g/mol. The molecule has 0 aliphatic carbocycles. The molecule has 0 saturated heterocycles. The molecule has 33 heavy (non-hydrogen) atoms. The van der Waals surface area contributed by atoms with E-state index in [2.05, 4.69) is 15.6 Å². The first-order chi connectivity index (χ1) is 16.1. The van der Waals surface area contributed by atoms with Crippen molar-refractivity contribution in [3.63, 3.8) is 0 Å². The highest BCUT2D eigenvalue weighted by Gasteiger charge is 2.15. The Balaban J connectivity index is 1.39. The highest BCUT2D eigenvalue weighted by atomic mass is 35.5. The summed E-state index contributed by atoms with van der Waals surface area (Å²) in [4.78, 5) is 29.6. The lowest BCUT2D eigenvalue weighted by atomic mass is 10.2. The molecule has 4 aromatic rings. The van der Waals surface area contributed by atoms with Crippen LogP contribution in [0.1, 0.15) is 5.56 Å². The fourth-order valence-electron chi connectivity index (χ4n) is 3.66. The van der Waals surface area contributed by atoms with Crippen molar-refractivity contribution in [2.24, 2.45) is 0 Å². The highest BCUT2D eigenvalue weighted by molar-refractivity contribution is 6.30. The number of fused-ring (bicyclic) bond motifs is 2. The number of carbonyl (C=O) groups excluding carboxylic acids is 1. The van der Waals surface area contributed by atoms with E-state index in [1.165, 1.54) is 4.57 Å². The van der Waals surface area contributed by atoms with Gasteiger partial charge >= 0.3 is 5.69 Å². The molecular formula is C24H19ClN4O4. The summed E-state index contributed by atoms with van der Waals surface area (Å²) >= 11 is 5.97. The summed E-state index contributed by atoms with van der Waals surface area (Å²) in [7, 11) is 0. The van der Waals surface area contributed by atoms with E-state index < -0.39 is 5.69 Å². The molecule has 8 nitrogen and oxygen atoms in total. The molecule has 9 heteroatoms. The Morgan fingerprint density at radius 2 is 1.88 bits per heavy atom. The van der Waals surface area contributed by atoms with Crippen molar-refractivity contribution in [1.29, 1.82) is 0 Å². The van der Waals surface area contributed by atoms with Gasteiger partial charge in [-0.3, -0.25) is 9.36 Å². The van der Waals surface area contributed by atoms with Crippen LogP contribution >= 0.6 is 11.6 Å². The van der Waals surface area contributed by atoms with Crippen molar-refractivity contribution in [2.45, 2.75) is 13.1 Å². The van der Waals surface area contributed by atoms with Crippen LogP contribution in [0.3, 0.4) is 0 Å². The number of halogens is 1. The van der Waals surface area contributed by atoms with Crippen molar-refractivity contribution >= 4 is 39.9 Å². The summed E-state index contributed by atoms with van der Waals surface area (Å²) in [5.74, 6) is 1.49. The SMILES string of the molecule is O=C(Cn1c(=O)nc(NCc2ccc3c(c2)OCO3)c2ccccc21)Nc1cccc(Cl)c1. The summed E-state index contributed by atoms with van der Waals surface area (Å²) in [5.41, 5.74) is 1.59. The van der Waals surface area contributed by atoms with Gasteiger partial charge in [-0.1, -0.05) is 35.9 Å². The topological polar surface area (TPSA) is 94.5 Å². The Morgan fingerprint density at radius 1 is 1.03 bits per heavy atom. The van der Waals surface area contributed by atoms with Gasteiger partial charge < -0.3 is 20.1 Å². The molecule has 0 spiro atoms. The number of hydrogen-bond donors (Lipinski definition) is 2. The van der Waals surface area contributed by atoms with E-state index in [9.17, 15) is 9.59 Å². The van der Waals surface area contributed by atoms with Crippen LogP contribution in [0.25, 0.3) is 10.9 Å². The van der Waals surface area contributed by atoms with Crippen molar-refractivity contribution in [1.82, 2.24) is 9.55 Å². The highest BCUT2D eigenvalue weighted by Crippen LogP contribution is 2.32. The maximum atomic E-state index is 12.8. The normalized spacial score (nSPS) is 12.0. The van der Waals surface area contributed by atoms with E-state index in [-0.39, 0.29) is 19.2 Å². The molecule has 5 rings (SSSR count). The van der Waals surface area contributed by atoms with Crippen LogP contribution in [0.15, 0.2) is 71.5 Å². The van der Waals surface area contributed by atoms with E-state index in [0.29, 0.717) is 40.1 Å². The molecule has 0 bridgehead atoms. The number of rotatable bonds is 6. The van der Waals surface area contributed by atoms with E-state index in [1.54, 1.807) is 30.3 Å². The summed E-state index contributed by atoms with van der Waals surface area (Å²) in [6.45, 7) is 0.467. The summed E-state index contributed by atoms with van der Waals surface area (Å²) in [5, 5.41) is 7.22. The number of carbonyl (C=O) groups is 1. The molecule has 166 valence electrons. The second-order valence-corrected chi connectivity index (χ2v) is 7.88. The fourth-order valence-corrected chi connectivity index (χ4v) is 3.85. The van der Waals surface area contributed by atoms with Crippen molar-refractivity contribution in [2.75, 3.05) is 17.4 Å². The third-order valence-corrected chi connectivity index (χ3v) is 5.43. The minimum atomic E-state index is -0.525. The number of ether oxygens (including phenoxy) is 2. The lowest BCUT2D eigenvalue weighted by Crippen LogP contribution is -2.30. The molecule has 1 amide bonds. The molecule has 0 atom stereocenters. The second-order valence-electron chi connectivity index (χ2n) is 7.45. The van der Waals surface area contributed by atoms with Gasteiger partial charge in [-0.05, 0) is 48.0 Å². The summed E-state index contributed by atoms with van der Waals surface area (Å²) < 4.78 is 12.1. The van der Waals surface area contributed by atoms with Gasteiger partial charge in [0.25, 0.3) is 0 Å². The molecule has 1 aliphatic rings. The van der Waals surface area contributed by atoms with Crippen molar-refractivity contribution in [3.8, 4) is 11.5 Å². The van der Waals surface area contributed by atoms with Crippen LogP contribution in [0.5, 0.6) is 11.5 Å². The standard InChI is InChI=1S/C24H19ClN4O4/c25-16-4-3-5-17(11-16)27-22(30)13-29-19-7-2-1-6-18(19)23(28-24(29)31)26-12-15-8-9-20-21(10-15)33-14-32-20/h1-11H,12-14H2,(H,27,30)(H,26,28,31). The van der Waals surface area contributed by atoms with Crippen LogP contribution in [0.4, 0.5) is 11.5 Å². The third-order valence-electron chi connectivity index (χ3n) is 5.20. The average Bonchev–Trinajstić information content (AvgIpc) is 3.28. The number of benzene rings is 3. The van der Waals surface area contributed by atoms with Crippen LogP contribution in [0.2, 0.25) is 5.02 Å². The second kappa shape index (κ2) is 8.84. The zero-order valence-electron chi connectivity index (χ0n) is 17.4. The van der Waals surface area contributed by atoms with Crippen LogP contribution < -0.4 is 25.8 Å². The maximum Gasteiger partial charge on any atom is 0.350 e. The monoisotopic (exact) mass is 462 g/mol. The van der Waals surface area contributed by atoms with E-state index in [4.69, 9.17) is 21.1 Å². The zero-order chi connectivity index (χ0) is 22.8.